The number of nitrogens with one attached hydrogen (secondary N) is 1. The zero-order valence-corrected chi connectivity index (χ0v) is 15.2. The summed E-state index contributed by atoms with van der Waals surface area (Å²) in [6, 6.07) is 10.3. The number of esters is 1. The molecule has 6 nitrogen and oxygen atoms in total. The highest BCUT2D eigenvalue weighted by atomic mass is 35.5. The van der Waals surface area contributed by atoms with Gasteiger partial charge in [0.2, 0.25) is 0 Å². The summed E-state index contributed by atoms with van der Waals surface area (Å²) in [6.45, 7) is 0. The lowest BCUT2D eigenvalue weighted by atomic mass is 10.0. The quantitative estimate of drug-likeness (QED) is 0.601. The van der Waals surface area contributed by atoms with E-state index in [0.717, 1.165) is 5.56 Å². The van der Waals surface area contributed by atoms with E-state index in [0.29, 0.717) is 5.75 Å². The minimum Gasteiger partial charge on any atom is -0.467 e. The molecular formula is C18H14Cl2N2O4. The maximum Gasteiger partial charge on any atom is 0.328 e. The van der Waals surface area contributed by atoms with E-state index in [4.69, 9.17) is 37.9 Å². The molecule has 134 valence electrons. The van der Waals surface area contributed by atoms with Gasteiger partial charge in [0.15, 0.2) is 0 Å². The van der Waals surface area contributed by atoms with Gasteiger partial charge in [-0.05, 0) is 29.8 Å². The Morgan fingerprint density at radius 3 is 2.31 bits per heavy atom. The van der Waals surface area contributed by atoms with Gasteiger partial charge in [-0.3, -0.25) is 4.79 Å². The van der Waals surface area contributed by atoms with Crippen LogP contribution in [0.3, 0.4) is 0 Å². The van der Waals surface area contributed by atoms with Crippen LogP contribution in [0.4, 0.5) is 0 Å². The average Bonchev–Trinajstić information content (AvgIpc) is 2.62. The first kappa shape index (κ1) is 19.6. The molecule has 0 heterocycles. The van der Waals surface area contributed by atoms with Crippen molar-refractivity contribution in [2.75, 3.05) is 7.11 Å². The van der Waals surface area contributed by atoms with Crippen LogP contribution in [0.2, 0.25) is 10.0 Å². The molecule has 0 saturated carbocycles. The van der Waals surface area contributed by atoms with E-state index in [2.05, 4.69) is 5.32 Å². The van der Waals surface area contributed by atoms with Crippen molar-refractivity contribution in [3.05, 3.63) is 63.6 Å². The van der Waals surface area contributed by atoms with Gasteiger partial charge in [-0.25, -0.2) is 4.79 Å². The standard InChI is InChI=1S/C18H14Cl2N2O4/c1-25-18(24)15(9-11-5-7-12(8-6-11)26-10-21)22-17(23)16-13(19)3-2-4-14(16)20/h2-8,15H,9H2,1H3,(H,22,23)/t15-/m0/s1. The molecule has 0 radical (unpaired) electrons. The van der Waals surface area contributed by atoms with Crippen molar-refractivity contribution in [3.8, 4) is 12.0 Å². The fourth-order valence-electron chi connectivity index (χ4n) is 2.26. The number of carbonyl (C=O) groups is 2. The molecule has 2 aromatic carbocycles. The minimum atomic E-state index is -0.942. The monoisotopic (exact) mass is 392 g/mol. The Kier molecular flexibility index (Phi) is 6.84. The summed E-state index contributed by atoms with van der Waals surface area (Å²) in [5.74, 6) is -0.822. The van der Waals surface area contributed by atoms with Crippen LogP contribution in [0.15, 0.2) is 42.5 Å². The predicted molar refractivity (Wildman–Crippen MR) is 96.1 cm³/mol. The lowest BCUT2D eigenvalue weighted by Crippen LogP contribution is -2.43. The number of methoxy groups -OCH3 is 1. The molecule has 8 heteroatoms. The molecule has 0 unspecified atom stereocenters. The Bertz CT molecular complexity index is 827. The van der Waals surface area contributed by atoms with E-state index in [1.165, 1.54) is 19.2 Å². The number of nitrogens with zero attached hydrogens (tertiary/aromatic N) is 1. The van der Waals surface area contributed by atoms with Crippen LogP contribution in [0.25, 0.3) is 0 Å². The molecular weight excluding hydrogens is 379 g/mol. The van der Waals surface area contributed by atoms with Crippen molar-refractivity contribution in [2.45, 2.75) is 12.5 Å². The van der Waals surface area contributed by atoms with Crippen molar-refractivity contribution in [3.63, 3.8) is 0 Å². The summed E-state index contributed by atoms with van der Waals surface area (Å²) >= 11 is 12.1. The summed E-state index contributed by atoms with van der Waals surface area (Å²) in [5.41, 5.74) is 0.818. The second kappa shape index (κ2) is 9.09. The topological polar surface area (TPSA) is 88.4 Å². The lowest BCUT2D eigenvalue weighted by Gasteiger charge is -2.17. The van der Waals surface area contributed by atoms with Crippen LogP contribution in [0.5, 0.6) is 5.75 Å². The van der Waals surface area contributed by atoms with Gasteiger partial charge in [0.25, 0.3) is 12.2 Å². The Morgan fingerprint density at radius 1 is 1.15 bits per heavy atom. The van der Waals surface area contributed by atoms with Crippen molar-refractivity contribution in [2.24, 2.45) is 0 Å². The summed E-state index contributed by atoms with van der Waals surface area (Å²) < 4.78 is 9.45. The SMILES string of the molecule is COC(=O)[C@H](Cc1ccc(OC#N)cc1)NC(=O)c1c(Cl)cccc1Cl. The first-order valence-electron chi connectivity index (χ1n) is 7.43. The zero-order chi connectivity index (χ0) is 19.1. The second-order valence-corrected chi connectivity index (χ2v) is 6.00. The highest BCUT2D eigenvalue weighted by Crippen LogP contribution is 2.24. The van der Waals surface area contributed by atoms with E-state index in [1.807, 2.05) is 0 Å². The Balaban J connectivity index is 2.18. The fourth-order valence-corrected chi connectivity index (χ4v) is 2.83. The predicted octanol–water partition coefficient (Wildman–Crippen LogP) is 3.37. The molecule has 0 saturated heterocycles. The normalized spacial score (nSPS) is 11.2. The maximum absolute atomic E-state index is 12.5. The van der Waals surface area contributed by atoms with Crippen LogP contribution in [0.1, 0.15) is 15.9 Å². The Labute approximate surface area is 160 Å². The molecule has 0 bridgehead atoms. The molecule has 2 aromatic rings. The molecule has 1 N–H and O–H groups in total. The van der Waals surface area contributed by atoms with Crippen molar-refractivity contribution in [1.82, 2.24) is 5.32 Å². The number of hydrogen-bond acceptors (Lipinski definition) is 5. The third-order valence-electron chi connectivity index (χ3n) is 3.51. The van der Waals surface area contributed by atoms with Gasteiger partial charge < -0.3 is 14.8 Å². The average molecular weight is 393 g/mol. The van der Waals surface area contributed by atoms with Crippen LogP contribution in [-0.4, -0.2) is 25.0 Å². The Hall–Kier alpha value is -2.75. The number of ether oxygens (including phenoxy) is 2. The molecule has 1 atom stereocenters. The molecule has 0 aliphatic rings. The fraction of sp³-hybridized carbons (Fsp3) is 0.167. The lowest BCUT2D eigenvalue weighted by molar-refractivity contribution is -0.142. The molecule has 2 rings (SSSR count). The zero-order valence-electron chi connectivity index (χ0n) is 13.7. The molecule has 0 aliphatic carbocycles. The summed E-state index contributed by atoms with van der Waals surface area (Å²) in [5, 5.41) is 11.4. The number of carbonyl (C=O) groups excluding carboxylic acids is 2. The molecule has 26 heavy (non-hydrogen) atoms. The van der Waals surface area contributed by atoms with Crippen molar-refractivity contribution < 1.29 is 19.1 Å². The number of benzene rings is 2. The first-order valence-corrected chi connectivity index (χ1v) is 8.19. The van der Waals surface area contributed by atoms with Gasteiger partial charge in [0.05, 0.1) is 22.7 Å². The van der Waals surface area contributed by atoms with Crippen LogP contribution in [-0.2, 0) is 16.0 Å². The highest BCUT2D eigenvalue weighted by Gasteiger charge is 2.24. The number of halogens is 2. The third-order valence-corrected chi connectivity index (χ3v) is 4.14. The smallest absolute Gasteiger partial charge is 0.328 e. The van der Waals surface area contributed by atoms with Crippen molar-refractivity contribution >= 4 is 35.1 Å². The van der Waals surface area contributed by atoms with E-state index < -0.39 is 17.9 Å². The largest absolute Gasteiger partial charge is 0.467 e. The molecule has 0 spiro atoms. The first-order chi connectivity index (χ1) is 12.5. The molecule has 1 amide bonds. The van der Waals surface area contributed by atoms with Gasteiger partial charge in [0.1, 0.15) is 11.8 Å². The van der Waals surface area contributed by atoms with Gasteiger partial charge in [-0.2, -0.15) is 0 Å². The Morgan fingerprint density at radius 2 is 1.77 bits per heavy atom. The number of rotatable bonds is 6. The maximum atomic E-state index is 12.5. The van der Waals surface area contributed by atoms with E-state index in [1.54, 1.807) is 36.6 Å². The van der Waals surface area contributed by atoms with E-state index >= 15 is 0 Å². The van der Waals surface area contributed by atoms with Gasteiger partial charge in [-0.1, -0.05) is 41.4 Å². The van der Waals surface area contributed by atoms with Crippen molar-refractivity contribution in [1.29, 1.82) is 5.26 Å². The third kappa shape index (κ3) is 4.88. The molecule has 0 fully saturated rings. The molecule has 0 aliphatic heterocycles. The van der Waals surface area contributed by atoms with Crippen LogP contribution in [0, 0.1) is 11.5 Å². The van der Waals surface area contributed by atoms with Crippen LogP contribution < -0.4 is 10.1 Å². The minimum absolute atomic E-state index is 0.0857. The van der Waals surface area contributed by atoms with E-state index in [9.17, 15) is 9.59 Å². The molecule has 0 aromatic heterocycles. The van der Waals surface area contributed by atoms with Gasteiger partial charge in [0, 0.05) is 6.42 Å². The highest BCUT2D eigenvalue weighted by molar-refractivity contribution is 6.39. The number of nitriles is 1. The number of hydrogen-bond donors (Lipinski definition) is 1. The van der Waals surface area contributed by atoms with Crippen LogP contribution >= 0.6 is 23.2 Å². The van der Waals surface area contributed by atoms with Gasteiger partial charge in [-0.15, -0.1) is 5.26 Å². The number of amides is 1. The van der Waals surface area contributed by atoms with E-state index in [-0.39, 0.29) is 22.0 Å². The summed E-state index contributed by atoms with van der Waals surface area (Å²) in [6.07, 6.45) is 1.74. The summed E-state index contributed by atoms with van der Waals surface area (Å²) in [4.78, 5) is 24.6. The summed E-state index contributed by atoms with van der Waals surface area (Å²) in [7, 11) is 1.23. The second-order valence-electron chi connectivity index (χ2n) is 5.19. The van der Waals surface area contributed by atoms with Gasteiger partial charge >= 0.3 is 5.97 Å².